The van der Waals surface area contributed by atoms with Gasteiger partial charge in [-0.3, -0.25) is 24.3 Å². The van der Waals surface area contributed by atoms with Gasteiger partial charge < -0.3 is 5.32 Å². The van der Waals surface area contributed by atoms with Crippen LogP contribution in [0.15, 0.2) is 65.7 Å². The standard InChI is InChI=1S/C19H16N4O4/c1-13-7-8-15(23(26)27)9-16(13)21-18(24)11-22-12-20-17(10-19(22)25)14-5-3-2-4-6-14/h2-10,12H,11H2,1H3,(H,21,24). The maximum absolute atomic E-state index is 12.3. The second-order valence-electron chi connectivity index (χ2n) is 5.91. The van der Waals surface area contributed by atoms with Crippen LogP contribution in [0.2, 0.25) is 0 Å². The van der Waals surface area contributed by atoms with Crippen LogP contribution in [0.1, 0.15) is 5.56 Å². The summed E-state index contributed by atoms with van der Waals surface area (Å²) in [7, 11) is 0. The number of amides is 1. The van der Waals surface area contributed by atoms with Gasteiger partial charge >= 0.3 is 0 Å². The van der Waals surface area contributed by atoms with Gasteiger partial charge in [-0.05, 0) is 12.5 Å². The second-order valence-corrected chi connectivity index (χ2v) is 5.91. The molecule has 1 N–H and O–H groups in total. The average Bonchev–Trinajstić information content (AvgIpc) is 2.65. The summed E-state index contributed by atoms with van der Waals surface area (Å²) in [6.45, 7) is 1.48. The Morgan fingerprint density at radius 2 is 1.93 bits per heavy atom. The van der Waals surface area contributed by atoms with Gasteiger partial charge in [-0.25, -0.2) is 4.98 Å². The highest BCUT2D eigenvalue weighted by molar-refractivity contribution is 5.91. The van der Waals surface area contributed by atoms with Gasteiger partial charge in [0, 0.05) is 23.8 Å². The van der Waals surface area contributed by atoms with Gasteiger partial charge in [0.2, 0.25) is 5.91 Å². The van der Waals surface area contributed by atoms with Crippen molar-refractivity contribution in [3.63, 3.8) is 0 Å². The fourth-order valence-electron chi connectivity index (χ4n) is 2.51. The molecule has 1 aromatic heterocycles. The molecule has 3 aromatic rings. The summed E-state index contributed by atoms with van der Waals surface area (Å²) >= 11 is 0. The normalized spacial score (nSPS) is 10.4. The number of carbonyl (C=O) groups is 1. The first kappa shape index (κ1) is 18.0. The lowest BCUT2D eigenvalue weighted by molar-refractivity contribution is -0.384. The van der Waals surface area contributed by atoms with Crippen molar-refractivity contribution >= 4 is 17.3 Å². The summed E-state index contributed by atoms with van der Waals surface area (Å²) < 4.78 is 1.18. The van der Waals surface area contributed by atoms with Gasteiger partial charge in [-0.15, -0.1) is 0 Å². The number of non-ortho nitro benzene ring substituents is 1. The van der Waals surface area contributed by atoms with Crippen LogP contribution in [0.5, 0.6) is 0 Å². The molecule has 0 aliphatic carbocycles. The predicted molar refractivity (Wildman–Crippen MR) is 100 cm³/mol. The van der Waals surface area contributed by atoms with E-state index in [9.17, 15) is 19.7 Å². The smallest absolute Gasteiger partial charge is 0.271 e. The molecule has 0 unspecified atom stereocenters. The number of nitrogens with one attached hydrogen (secondary N) is 1. The zero-order valence-corrected chi connectivity index (χ0v) is 14.5. The molecule has 3 rings (SSSR count). The Balaban J connectivity index is 1.76. The van der Waals surface area contributed by atoms with Crippen molar-refractivity contribution in [1.82, 2.24) is 9.55 Å². The van der Waals surface area contributed by atoms with Crippen molar-refractivity contribution in [2.75, 3.05) is 5.32 Å². The van der Waals surface area contributed by atoms with E-state index in [1.807, 2.05) is 30.3 Å². The first-order valence-corrected chi connectivity index (χ1v) is 8.11. The SMILES string of the molecule is Cc1ccc([N+](=O)[O-])cc1NC(=O)Cn1cnc(-c2ccccc2)cc1=O. The van der Waals surface area contributed by atoms with Crippen LogP contribution in [0.3, 0.4) is 0 Å². The topological polar surface area (TPSA) is 107 Å². The lowest BCUT2D eigenvalue weighted by Crippen LogP contribution is -2.27. The molecule has 0 atom stereocenters. The lowest BCUT2D eigenvalue weighted by Gasteiger charge is -2.10. The number of nitro groups is 1. The molecule has 0 saturated heterocycles. The number of hydrogen-bond donors (Lipinski definition) is 1. The third-order valence-corrected chi connectivity index (χ3v) is 3.97. The maximum atomic E-state index is 12.3. The van der Waals surface area contributed by atoms with Crippen LogP contribution < -0.4 is 10.9 Å². The van der Waals surface area contributed by atoms with Crippen LogP contribution in [-0.2, 0) is 11.3 Å². The van der Waals surface area contributed by atoms with Crippen molar-refractivity contribution in [1.29, 1.82) is 0 Å². The van der Waals surface area contributed by atoms with Crippen LogP contribution in [0, 0.1) is 17.0 Å². The van der Waals surface area contributed by atoms with E-state index in [0.29, 0.717) is 16.9 Å². The molecule has 1 amide bonds. The molecule has 2 aromatic carbocycles. The summed E-state index contributed by atoms with van der Waals surface area (Å²) in [5, 5.41) is 13.5. The number of nitro benzene ring substituents is 1. The minimum absolute atomic E-state index is 0.123. The third-order valence-electron chi connectivity index (χ3n) is 3.97. The summed E-state index contributed by atoms with van der Waals surface area (Å²) in [6.07, 6.45) is 1.31. The number of nitrogens with zero attached hydrogens (tertiary/aromatic N) is 3. The first-order chi connectivity index (χ1) is 12.9. The molecule has 27 heavy (non-hydrogen) atoms. The van der Waals surface area contributed by atoms with Gasteiger partial charge in [0.25, 0.3) is 11.2 Å². The molecule has 0 bridgehead atoms. The minimum atomic E-state index is -0.536. The fraction of sp³-hybridized carbons (Fsp3) is 0.105. The Labute approximate surface area is 154 Å². The molecule has 8 nitrogen and oxygen atoms in total. The van der Waals surface area contributed by atoms with Gasteiger partial charge in [-0.2, -0.15) is 0 Å². The van der Waals surface area contributed by atoms with E-state index in [1.165, 1.54) is 29.1 Å². The van der Waals surface area contributed by atoms with Crippen LogP contribution >= 0.6 is 0 Å². The highest BCUT2D eigenvalue weighted by Crippen LogP contribution is 2.21. The van der Waals surface area contributed by atoms with Crippen LogP contribution in [0.4, 0.5) is 11.4 Å². The van der Waals surface area contributed by atoms with Crippen molar-refractivity contribution in [2.24, 2.45) is 0 Å². The summed E-state index contributed by atoms with van der Waals surface area (Å²) in [5.74, 6) is -0.477. The highest BCUT2D eigenvalue weighted by atomic mass is 16.6. The Kier molecular flexibility index (Phi) is 5.07. The molecule has 0 saturated carbocycles. The summed E-state index contributed by atoms with van der Waals surface area (Å²) in [5.41, 5.74) is 1.84. The predicted octanol–water partition coefficient (Wildman–Crippen LogP) is 2.77. The van der Waals surface area contributed by atoms with E-state index in [2.05, 4.69) is 10.3 Å². The first-order valence-electron chi connectivity index (χ1n) is 8.11. The molecule has 0 aliphatic rings. The number of hydrogen-bond acceptors (Lipinski definition) is 5. The summed E-state index contributed by atoms with van der Waals surface area (Å²) in [6, 6.07) is 14.8. The molecular weight excluding hydrogens is 348 g/mol. The van der Waals surface area contributed by atoms with Gasteiger partial charge in [0.15, 0.2) is 0 Å². The van der Waals surface area contributed by atoms with E-state index < -0.39 is 10.8 Å². The molecule has 0 aliphatic heterocycles. The van der Waals surface area contributed by atoms with E-state index in [4.69, 9.17) is 0 Å². The quantitative estimate of drug-likeness (QED) is 0.553. The summed E-state index contributed by atoms with van der Waals surface area (Å²) in [4.78, 5) is 39.1. The largest absolute Gasteiger partial charge is 0.324 e. The molecule has 0 spiro atoms. The van der Waals surface area contributed by atoms with Gasteiger partial charge in [0.05, 0.1) is 22.6 Å². The second kappa shape index (κ2) is 7.61. The van der Waals surface area contributed by atoms with E-state index in [1.54, 1.807) is 13.0 Å². The van der Waals surface area contributed by atoms with Crippen molar-refractivity contribution in [3.05, 3.63) is 87.0 Å². The number of benzene rings is 2. The average molecular weight is 364 g/mol. The third kappa shape index (κ3) is 4.24. The molecule has 8 heteroatoms. The van der Waals surface area contributed by atoms with E-state index in [0.717, 1.165) is 5.56 Å². The molecule has 0 fully saturated rings. The fourth-order valence-corrected chi connectivity index (χ4v) is 2.51. The number of aromatic nitrogens is 2. The maximum Gasteiger partial charge on any atom is 0.271 e. The number of rotatable bonds is 5. The lowest BCUT2D eigenvalue weighted by atomic mass is 10.1. The van der Waals surface area contributed by atoms with Crippen molar-refractivity contribution in [3.8, 4) is 11.3 Å². The van der Waals surface area contributed by atoms with Crippen molar-refractivity contribution < 1.29 is 9.72 Å². The number of anilines is 1. The minimum Gasteiger partial charge on any atom is -0.324 e. The molecular formula is C19H16N4O4. The zero-order chi connectivity index (χ0) is 19.4. The number of carbonyl (C=O) groups excluding carboxylic acids is 1. The van der Waals surface area contributed by atoms with Crippen molar-refractivity contribution in [2.45, 2.75) is 13.5 Å². The Morgan fingerprint density at radius 1 is 1.19 bits per heavy atom. The van der Waals surface area contributed by atoms with E-state index >= 15 is 0 Å². The molecule has 136 valence electrons. The monoisotopic (exact) mass is 364 g/mol. The Morgan fingerprint density at radius 3 is 2.59 bits per heavy atom. The number of aryl methyl sites for hydroxylation is 1. The molecule has 0 radical (unpaired) electrons. The Bertz CT molecular complexity index is 1060. The molecule has 1 heterocycles. The van der Waals surface area contributed by atoms with Gasteiger partial charge in [0.1, 0.15) is 6.54 Å². The highest BCUT2D eigenvalue weighted by Gasteiger charge is 2.12. The Hall–Kier alpha value is -3.81. The van der Waals surface area contributed by atoms with Crippen LogP contribution in [-0.4, -0.2) is 20.4 Å². The van der Waals surface area contributed by atoms with E-state index in [-0.39, 0.29) is 17.8 Å². The zero-order valence-electron chi connectivity index (χ0n) is 14.5. The van der Waals surface area contributed by atoms with Gasteiger partial charge in [-0.1, -0.05) is 36.4 Å². The van der Waals surface area contributed by atoms with Crippen LogP contribution in [0.25, 0.3) is 11.3 Å².